The van der Waals surface area contributed by atoms with E-state index in [1.165, 1.54) is 6.08 Å². The molecule has 3 atom stereocenters. The van der Waals surface area contributed by atoms with Crippen LogP contribution < -0.4 is 14.4 Å². The number of ether oxygens (including phenoxy) is 2. The fourth-order valence-electron chi connectivity index (χ4n) is 6.95. The Balaban J connectivity index is 1.35. The van der Waals surface area contributed by atoms with Crippen LogP contribution in [0.4, 0.5) is 5.82 Å². The summed E-state index contributed by atoms with van der Waals surface area (Å²) >= 11 is 1.64. The first kappa shape index (κ1) is 29.5. The molecule has 4 heterocycles. The number of anilines is 1. The maximum absolute atomic E-state index is 14.5. The Hall–Kier alpha value is -3.62. The van der Waals surface area contributed by atoms with E-state index in [9.17, 15) is 14.9 Å². The molecule has 0 bridgehead atoms. The summed E-state index contributed by atoms with van der Waals surface area (Å²) in [5.74, 6) is 1.38. The average molecular weight is 603 g/mol. The van der Waals surface area contributed by atoms with Crippen molar-refractivity contribution in [2.24, 2.45) is 0 Å². The number of carbonyl (C=O) groups is 2. The normalized spacial score (nSPS) is 25.2. The number of piperazine rings is 1. The van der Waals surface area contributed by atoms with Crippen LogP contribution in [0.2, 0.25) is 0 Å². The standard InChI is InChI=1S/C32H38N6O4S/c1-4-27(39)38-18-17-37(19-21(38)12-15-33)30-24-11-14-32(13-10-23-25(41-3)8-5-9-26(23)43-32)29(40)28(24)34-31(35-30)42-20-22-7-6-16-36(22)2/h4-5,8-9,21-22H,1,6-7,10-14,16-20H2,2-3H3/t21?,22?,32-/m0/s1. The van der Waals surface area contributed by atoms with Crippen molar-refractivity contribution >= 4 is 29.3 Å². The molecule has 0 N–H and O–H groups in total. The number of ketones is 1. The smallest absolute Gasteiger partial charge is 0.319 e. The maximum atomic E-state index is 14.5. The minimum absolute atomic E-state index is 0.0211. The highest BCUT2D eigenvalue weighted by atomic mass is 32.2. The van der Waals surface area contributed by atoms with Gasteiger partial charge in [0, 0.05) is 41.7 Å². The second-order valence-electron chi connectivity index (χ2n) is 11.8. The van der Waals surface area contributed by atoms with Crippen LogP contribution in [0.3, 0.4) is 0 Å². The van der Waals surface area contributed by atoms with Crippen molar-refractivity contribution in [1.82, 2.24) is 19.8 Å². The topological polar surface area (TPSA) is 112 Å². The number of carbonyl (C=O) groups excluding carboxylic acids is 2. The Morgan fingerprint density at radius 1 is 1.21 bits per heavy atom. The summed E-state index contributed by atoms with van der Waals surface area (Å²) in [5.41, 5.74) is 2.42. The molecule has 1 spiro atoms. The number of aromatic nitrogens is 2. The largest absolute Gasteiger partial charge is 0.496 e. The second kappa shape index (κ2) is 12.2. The predicted octanol–water partition coefficient (Wildman–Crippen LogP) is 3.68. The number of amides is 1. The second-order valence-corrected chi connectivity index (χ2v) is 13.2. The summed E-state index contributed by atoms with van der Waals surface area (Å²) in [7, 11) is 3.78. The third kappa shape index (κ3) is 5.47. The van der Waals surface area contributed by atoms with Crippen LogP contribution in [0.15, 0.2) is 35.7 Å². The lowest BCUT2D eigenvalue weighted by atomic mass is 9.80. The lowest BCUT2D eigenvalue weighted by Gasteiger charge is -2.43. The van der Waals surface area contributed by atoms with Crippen molar-refractivity contribution in [3.8, 4) is 17.8 Å². The van der Waals surface area contributed by atoms with Crippen LogP contribution in [-0.2, 0) is 17.6 Å². The highest BCUT2D eigenvalue weighted by Crippen LogP contribution is 2.52. The van der Waals surface area contributed by atoms with Gasteiger partial charge in [-0.3, -0.25) is 9.59 Å². The van der Waals surface area contributed by atoms with Crippen LogP contribution >= 0.6 is 11.8 Å². The van der Waals surface area contributed by atoms with E-state index in [2.05, 4.69) is 35.6 Å². The molecule has 2 unspecified atom stereocenters. The lowest BCUT2D eigenvalue weighted by Crippen LogP contribution is -2.55. The van der Waals surface area contributed by atoms with Gasteiger partial charge in [-0.1, -0.05) is 12.6 Å². The van der Waals surface area contributed by atoms with Gasteiger partial charge < -0.3 is 24.2 Å². The zero-order valence-corrected chi connectivity index (χ0v) is 25.7. The summed E-state index contributed by atoms with van der Waals surface area (Å²) in [6, 6.07) is 8.43. The van der Waals surface area contributed by atoms with Crippen molar-refractivity contribution in [2.45, 2.75) is 66.7 Å². The molecule has 6 rings (SSSR count). The molecule has 2 saturated heterocycles. The Kier molecular flexibility index (Phi) is 8.34. The molecule has 1 aliphatic carbocycles. The molecule has 43 heavy (non-hydrogen) atoms. The molecular weight excluding hydrogens is 564 g/mol. The quantitative estimate of drug-likeness (QED) is 0.435. The maximum Gasteiger partial charge on any atom is 0.319 e. The van der Waals surface area contributed by atoms with E-state index in [0.717, 1.165) is 47.6 Å². The van der Waals surface area contributed by atoms with Gasteiger partial charge in [0.15, 0.2) is 5.78 Å². The molecule has 0 radical (unpaired) electrons. The molecule has 2 aromatic rings. The zero-order chi connectivity index (χ0) is 30.1. The van der Waals surface area contributed by atoms with E-state index in [4.69, 9.17) is 19.4 Å². The molecule has 1 aromatic heterocycles. The minimum Gasteiger partial charge on any atom is -0.496 e. The van der Waals surface area contributed by atoms with Gasteiger partial charge in [0.2, 0.25) is 5.91 Å². The molecular formula is C32H38N6O4S. The number of nitriles is 1. The molecule has 226 valence electrons. The number of fused-ring (bicyclic) bond motifs is 2. The highest BCUT2D eigenvalue weighted by molar-refractivity contribution is 8.01. The lowest BCUT2D eigenvalue weighted by molar-refractivity contribution is -0.128. The van der Waals surface area contributed by atoms with Gasteiger partial charge in [0.05, 0.1) is 30.4 Å². The number of benzene rings is 1. The number of thioether (sulfide) groups is 1. The Morgan fingerprint density at radius 3 is 2.74 bits per heavy atom. The van der Waals surface area contributed by atoms with E-state index in [1.807, 2.05) is 12.1 Å². The fraction of sp³-hybridized carbons (Fsp3) is 0.531. The van der Waals surface area contributed by atoms with Crippen LogP contribution in [-0.4, -0.2) is 95.2 Å². The number of likely N-dealkylation sites (N-methyl/N-ethyl adjacent to an activating group) is 1. The number of hydrogen-bond donors (Lipinski definition) is 0. The van der Waals surface area contributed by atoms with Crippen molar-refractivity contribution in [2.75, 3.05) is 51.8 Å². The fourth-order valence-corrected chi connectivity index (χ4v) is 8.44. The van der Waals surface area contributed by atoms with Crippen molar-refractivity contribution in [3.63, 3.8) is 0 Å². The molecule has 0 saturated carbocycles. The number of hydrogen-bond acceptors (Lipinski definition) is 10. The number of nitrogens with zero attached hydrogens (tertiary/aromatic N) is 6. The Labute approximate surface area is 257 Å². The molecule has 10 nitrogen and oxygen atoms in total. The van der Waals surface area contributed by atoms with Crippen LogP contribution in [0.1, 0.15) is 53.7 Å². The first-order chi connectivity index (χ1) is 20.9. The predicted molar refractivity (Wildman–Crippen MR) is 164 cm³/mol. The number of rotatable bonds is 7. The molecule has 1 amide bonds. The first-order valence-corrected chi connectivity index (χ1v) is 15.9. The average Bonchev–Trinajstić information content (AvgIpc) is 3.45. The zero-order valence-electron chi connectivity index (χ0n) is 24.9. The third-order valence-corrected chi connectivity index (χ3v) is 11.0. The van der Waals surface area contributed by atoms with Gasteiger partial charge in [-0.05, 0) is 70.3 Å². The van der Waals surface area contributed by atoms with Crippen LogP contribution in [0.25, 0.3) is 0 Å². The van der Waals surface area contributed by atoms with Gasteiger partial charge >= 0.3 is 6.01 Å². The summed E-state index contributed by atoms with van der Waals surface area (Å²) in [6.07, 6.45) is 6.47. The van der Waals surface area contributed by atoms with Crippen molar-refractivity contribution in [1.29, 1.82) is 5.26 Å². The van der Waals surface area contributed by atoms with E-state index in [0.29, 0.717) is 57.0 Å². The molecule has 11 heteroatoms. The molecule has 1 aromatic carbocycles. The SMILES string of the molecule is C=CC(=O)N1CCN(c2nc(OCC3CCCN3C)nc3c2CC[C@@]2(CCc4c(OC)cccc4S2)C3=O)CC1CC#N. The first-order valence-electron chi connectivity index (χ1n) is 15.1. The van der Waals surface area contributed by atoms with Crippen LogP contribution in [0, 0.1) is 11.3 Å². The van der Waals surface area contributed by atoms with Crippen molar-refractivity contribution < 1.29 is 19.1 Å². The van der Waals surface area contributed by atoms with Crippen molar-refractivity contribution in [3.05, 3.63) is 47.7 Å². The monoisotopic (exact) mass is 602 g/mol. The summed E-state index contributed by atoms with van der Waals surface area (Å²) in [5, 5.41) is 9.52. The summed E-state index contributed by atoms with van der Waals surface area (Å²) in [4.78, 5) is 43.9. The summed E-state index contributed by atoms with van der Waals surface area (Å²) < 4.78 is 11.2. The number of methoxy groups -OCH3 is 1. The molecule has 3 aliphatic heterocycles. The van der Waals surface area contributed by atoms with Gasteiger partial charge in [0.25, 0.3) is 0 Å². The number of Topliss-reactive ketones (excluding diaryl/α,β-unsaturated/α-hetero) is 1. The van der Waals surface area contributed by atoms with E-state index in [1.54, 1.807) is 23.8 Å². The van der Waals surface area contributed by atoms with Gasteiger partial charge in [0.1, 0.15) is 23.9 Å². The van der Waals surface area contributed by atoms with Gasteiger partial charge in [-0.25, -0.2) is 0 Å². The van der Waals surface area contributed by atoms with Gasteiger partial charge in [-0.15, -0.1) is 11.8 Å². The minimum atomic E-state index is -0.612. The molecule has 2 fully saturated rings. The summed E-state index contributed by atoms with van der Waals surface area (Å²) in [6.45, 7) is 6.51. The van der Waals surface area contributed by atoms with E-state index >= 15 is 0 Å². The van der Waals surface area contributed by atoms with Gasteiger partial charge in [-0.2, -0.15) is 15.2 Å². The van der Waals surface area contributed by atoms with E-state index in [-0.39, 0.29) is 36.2 Å². The van der Waals surface area contributed by atoms with E-state index < -0.39 is 4.75 Å². The number of likely N-dealkylation sites (tertiary alicyclic amines) is 1. The molecule has 4 aliphatic rings. The van der Waals surface area contributed by atoms with Crippen LogP contribution in [0.5, 0.6) is 11.8 Å². The Bertz CT molecular complexity index is 1480. The highest BCUT2D eigenvalue weighted by Gasteiger charge is 2.48. The Morgan fingerprint density at radius 2 is 2.02 bits per heavy atom. The third-order valence-electron chi connectivity index (χ3n) is 9.41.